The largest absolute Gasteiger partial charge is 0.465 e. The lowest BCUT2D eigenvalue weighted by Gasteiger charge is -2.17. The second-order valence-corrected chi connectivity index (χ2v) is 6.32. The zero-order valence-corrected chi connectivity index (χ0v) is 12.2. The fourth-order valence-electron chi connectivity index (χ4n) is 2.10. The number of cyclic esters (lactones) is 1. The van der Waals surface area contributed by atoms with Gasteiger partial charge in [0.1, 0.15) is 5.25 Å². The molecule has 1 fully saturated rings. The summed E-state index contributed by atoms with van der Waals surface area (Å²) in [6, 6.07) is 0.352. The van der Waals surface area contributed by atoms with Crippen molar-refractivity contribution in [2.75, 3.05) is 6.61 Å². The fraction of sp³-hybridized carbons (Fsp3) is 0.692. The van der Waals surface area contributed by atoms with Crippen molar-refractivity contribution in [1.82, 2.24) is 9.55 Å². The van der Waals surface area contributed by atoms with Gasteiger partial charge in [0.05, 0.1) is 6.61 Å². The van der Waals surface area contributed by atoms with Gasteiger partial charge in [-0.15, -0.1) is 0 Å². The molecule has 1 unspecified atom stereocenters. The molecular formula is C13H20N2O2S. The Hall–Kier alpha value is -0.970. The highest BCUT2D eigenvalue weighted by molar-refractivity contribution is 8.00. The van der Waals surface area contributed by atoms with Crippen molar-refractivity contribution in [1.29, 1.82) is 0 Å². The highest BCUT2D eigenvalue weighted by Gasteiger charge is 2.30. The van der Waals surface area contributed by atoms with Gasteiger partial charge in [-0.3, -0.25) is 4.79 Å². The lowest BCUT2D eigenvalue weighted by Crippen LogP contribution is -2.13. The Labute approximate surface area is 112 Å². The van der Waals surface area contributed by atoms with Crippen molar-refractivity contribution in [3.63, 3.8) is 0 Å². The van der Waals surface area contributed by atoms with E-state index in [0.717, 1.165) is 11.6 Å². The third-order valence-corrected chi connectivity index (χ3v) is 4.26. The predicted octanol–water partition coefficient (Wildman–Crippen LogP) is 3.00. The number of imidazole rings is 1. The quantitative estimate of drug-likeness (QED) is 0.787. The normalized spacial score (nSPS) is 19.9. The van der Waals surface area contributed by atoms with Crippen LogP contribution in [0.15, 0.2) is 11.4 Å². The minimum atomic E-state index is -0.107. The maximum absolute atomic E-state index is 11.5. The second kappa shape index (κ2) is 5.34. The van der Waals surface area contributed by atoms with Crippen molar-refractivity contribution < 1.29 is 9.53 Å². The summed E-state index contributed by atoms with van der Waals surface area (Å²) in [6.45, 7) is 9.15. The average molecular weight is 268 g/mol. The summed E-state index contributed by atoms with van der Waals surface area (Å²) in [5.74, 6) is 0.328. The molecule has 18 heavy (non-hydrogen) atoms. The average Bonchev–Trinajstić information content (AvgIpc) is 2.86. The molecule has 1 aromatic rings. The lowest BCUT2D eigenvalue weighted by molar-refractivity contribution is -0.137. The molecule has 0 spiro atoms. The molecule has 0 aliphatic carbocycles. The van der Waals surface area contributed by atoms with Crippen LogP contribution in [0.25, 0.3) is 0 Å². The van der Waals surface area contributed by atoms with Crippen molar-refractivity contribution in [3.8, 4) is 0 Å². The number of carbonyl (C=O) groups excluding carboxylic acids is 1. The number of nitrogens with zero attached hydrogens (tertiary/aromatic N) is 2. The molecule has 1 aliphatic heterocycles. The number of aromatic nitrogens is 2. The Morgan fingerprint density at radius 1 is 1.44 bits per heavy atom. The monoisotopic (exact) mass is 268 g/mol. The SMILES string of the molecule is CC(C)c1cnc(SC2CCOC2=O)n1C(C)C. The van der Waals surface area contributed by atoms with Gasteiger partial charge in [0.2, 0.25) is 0 Å². The van der Waals surface area contributed by atoms with Gasteiger partial charge in [-0.2, -0.15) is 0 Å². The molecular weight excluding hydrogens is 248 g/mol. The van der Waals surface area contributed by atoms with Gasteiger partial charge >= 0.3 is 5.97 Å². The van der Waals surface area contributed by atoms with E-state index in [-0.39, 0.29) is 11.2 Å². The minimum absolute atomic E-state index is 0.0927. The smallest absolute Gasteiger partial charge is 0.319 e. The van der Waals surface area contributed by atoms with Crippen molar-refractivity contribution in [3.05, 3.63) is 11.9 Å². The molecule has 0 amide bonds. The Morgan fingerprint density at radius 2 is 2.17 bits per heavy atom. The molecule has 1 aromatic heterocycles. The Kier molecular flexibility index (Phi) is 4.00. The number of ether oxygens (including phenoxy) is 1. The van der Waals surface area contributed by atoms with Crippen LogP contribution < -0.4 is 0 Å². The van der Waals surface area contributed by atoms with E-state index in [2.05, 4.69) is 37.2 Å². The molecule has 1 aliphatic rings. The molecule has 5 heteroatoms. The molecule has 0 N–H and O–H groups in total. The molecule has 4 nitrogen and oxygen atoms in total. The number of carbonyl (C=O) groups is 1. The number of hydrogen-bond donors (Lipinski definition) is 0. The van der Waals surface area contributed by atoms with Gasteiger partial charge in [0.15, 0.2) is 5.16 Å². The van der Waals surface area contributed by atoms with Crippen LogP contribution in [0.4, 0.5) is 0 Å². The predicted molar refractivity (Wildman–Crippen MR) is 71.9 cm³/mol. The number of hydrogen-bond acceptors (Lipinski definition) is 4. The highest BCUT2D eigenvalue weighted by Crippen LogP contribution is 2.32. The van der Waals surface area contributed by atoms with E-state index in [0.29, 0.717) is 18.6 Å². The molecule has 2 heterocycles. The highest BCUT2D eigenvalue weighted by atomic mass is 32.2. The molecule has 0 bridgehead atoms. The van der Waals surface area contributed by atoms with Crippen LogP contribution in [-0.2, 0) is 9.53 Å². The third kappa shape index (κ3) is 2.55. The summed E-state index contributed by atoms with van der Waals surface area (Å²) < 4.78 is 7.22. The Morgan fingerprint density at radius 3 is 2.67 bits per heavy atom. The van der Waals surface area contributed by atoms with Crippen LogP contribution in [-0.4, -0.2) is 27.4 Å². The number of rotatable bonds is 4. The molecule has 0 aromatic carbocycles. The van der Waals surface area contributed by atoms with Crippen molar-refractivity contribution >= 4 is 17.7 Å². The zero-order valence-electron chi connectivity index (χ0n) is 11.3. The first-order valence-electron chi connectivity index (χ1n) is 6.41. The van der Waals surface area contributed by atoms with Gasteiger partial charge < -0.3 is 9.30 Å². The number of esters is 1. The first-order chi connectivity index (χ1) is 8.50. The van der Waals surface area contributed by atoms with E-state index >= 15 is 0 Å². The molecule has 2 rings (SSSR count). The van der Waals surface area contributed by atoms with Crippen molar-refractivity contribution in [2.24, 2.45) is 0 Å². The second-order valence-electron chi connectivity index (χ2n) is 5.15. The maximum Gasteiger partial charge on any atom is 0.319 e. The van der Waals surface area contributed by atoms with Gasteiger partial charge in [-0.25, -0.2) is 4.98 Å². The molecule has 1 atom stereocenters. The summed E-state index contributed by atoms with van der Waals surface area (Å²) >= 11 is 1.53. The van der Waals surface area contributed by atoms with E-state index in [1.54, 1.807) is 0 Å². The summed E-state index contributed by atoms with van der Waals surface area (Å²) in [5.41, 5.74) is 1.22. The topological polar surface area (TPSA) is 44.1 Å². The molecule has 1 saturated heterocycles. The standard InChI is InChI=1S/C13H20N2O2S/c1-8(2)10-7-14-13(15(10)9(3)4)18-11-5-6-17-12(11)16/h7-9,11H,5-6H2,1-4H3. The van der Waals surface area contributed by atoms with E-state index in [1.165, 1.54) is 17.5 Å². The van der Waals surface area contributed by atoms with Crippen LogP contribution in [0.5, 0.6) is 0 Å². The van der Waals surface area contributed by atoms with Gasteiger partial charge in [0, 0.05) is 24.4 Å². The van der Waals surface area contributed by atoms with Crippen LogP contribution in [0.1, 0.15) is 51.8 Å². The Bertz CT molecular complexity index is 440. The minimum Gasteiger partial charge on any atom is -0.465 e. The summed E-state index contributed by atoms with van der Waals surface area (Å²) in [4.78, 5) is 16.0. The van der Waals surface area contributed by atoms with Gasteiger partial charge in [0.25, 0.3) is 0 Å². The van der Waals surface area contributed by atoms with Crippen LogP contribution in [0.3, 0.4) is 0 Å². The van der Waals surface area contributed by atoms with E-state index < -0.39 is 0 Å². The van der Waals surface area contributed by atoms with Crippen LogP contribution in [0, 0.1) is 0 Å². The van der Waals surface area contributed by atoms with Gasteiger partial charge in [-0.05, 0) is 19.8 Å². The van der Waals surface area contributed by atoms with E-state index in [1.807, 2.05) is 6.20 Å². The fourth-order valence-corrected chi connectivity index (χ4v) is 3.28. The zero-order chi connectivity index (χ0) is 13.3. The summed E-state index contributed by atoms with van der Waals surface area (Å²) in [5, 5.41) is 0.836. The van der Waals surface area contributed by atoms with E-state index in [9.17, 15) is 4.79 Å². The maximum atomic E-state index is 11.5. The molecule has 0 saturated carbocycles. The first kappa shape index (κ1) is 13.5. The summed E-state index contributed by atoms with van der Waals surface area (Å²) in [7, 11) is 0. The Balaban J connectivity index is 2.24. The van der Waals surface area contributed by atoms with E-state index in [4.69, 9.17) is 4.74 Å². The summed E-state index contributed by atoms with van der Waals surface area (Å²) in [6.07, 6.45) is 2.71. The van der Waals surface area contributed by atoms with Gasteiger partial charge in [-0.1, -0.05) is 25.6 Å². The van der Waals surface area contributed by atoms with Crippen LogP contribution >= 0.6 is 11.8 Å². The number of thioether (sulfide) groups is 1. The molecule has 0 radical (unpaired) electrons. The first-order valence-corrected chi connectivity index (χ1v) is 7.29. The lowest BCUT2D eigenvalue weighted by atomic mass is 10.1. The van der Waals surface area contributed by atoms with Crippen LogP contribution in [0.2, 0.25) is 0 Å². The molecule has 100 valence electrons. The van der Waals surface area contributed by atoms with Crippen molar-refractivity contribution in [2.45, 2.75) is 56.5 Å². The third-order valence-electron chi connectivity index (χ3n) is 3.03.